The third kappa shape index (κ3) is 5.99. The average molecular weight is 477 g/mol. The number of aliphatic hydroxyl groups is 1. The Labute approximate surface area is 200 Å². The van der Waals surface area contributed by atoms with Crippen LogP contribution in [0.15, 0.2) is 54.3 Å². The van der Waals surface area contributed by atoms with Crippen LogP contribution in [0.2, 0.25) is 0 Å². The molecule has 0 aromatic heterocycles. The first kappa shape index (κ1) is 26.2. The van der Waals surface area contributed by atoms with Crippen LogP contribution in [0.3, 0.4) is 0 Å². The van der Waals surface area contributed by atoms with E-state index in [0.29, 0.717) is 17.6 Å². The molecule has 2 bridgehead atoms. The smallest absolute Gasteiger partial charge is 0.401 e. The lowest BCUT2D eigenvalue weighted by Crippen LogP contribution is -2.59. The Balaban J connectivity index is 1.78. The zero-order valence-corrected chi connectivity index (χ0v) is 20.0. The maximum Gasteiger partial charge on any atom is 0.401 e. The van der Waals surface area contributed by atoms with Crippen molar-refractivity contribution in [2.75, 3.05) is 20.1 Å². The fraction of sp³-hybridized carbons (Fsp3) is 0.519. The van der Waals surface area contributed by atoms with Crippen molar-refractivity contribution < 1.29 is 23.1 Å². The Bertz CT molecular complexity index is 967. The number of nitrogens with one attached hydrogen (secondary N) is 2. The van der Waals surface area contributed by atoms with Crippen LogP contribution in [0.1, 0.15) is 54.1 Å². The number of halogens is 3. The van der Waals surface area contributed by atoms with Gasteiger partial charge in [-0.2, -0.15) is 13.2 Å². The summed E-state index contributed by atoms with van der Waals surface area (Å²) in [6, 6.07) is 5.59. The van der Waals surface area contributed by atoms with E-state index in [9.17, 15) is 23.1 Å². The molecule has 0 radical (unpaired) electrons. The summed E-state index contributed by atoms with van der Waals surface area (Å²) in [6.45, 7) is 5.11. The summed E-state index contributed by atoms with van der Waals surface area (Å²) in [5, 5.41) is 16.3. The Morgan fingerprint density at radius 2 is 1.91 bits per heavy atom. The van der Waals surface area contributed by atoms with E-state index in [0.717, 1.165) is 43.2 Å². The van der Waals surface area contributed by atoms with Gasteiger partial charge >= 0.3 is 6.18 Å². The van der Waals surface area contributed by atoms with Gasteiger partial charge in [-0.25, -0.2) is 0 Å². The van der Waals surface area contributed by atoms with Crippen molar-refractivity contribution in [2.45, 2.75) is 57.2 Å². The van der Waals surface area contributed by atoms with Gasteiger partial charge in [-0.05, 0) is 68.2 Å². The highest BCUT2D eigenvalue weighted by Crippen LogP contribution is 2.47. The molecule has 0 saturated heterocycles. The average Bonchev–Trinajstić information content (AvgIpc) is 3.02. The molecule has 0 unspecified atom stereocenters. The van der Waals surface area contributed by atoms with E-state index in [1.165, 1.54) is 6.08 Å². The highest BCUT2D eigenvalue weighted by atomic mass is 19.4. The molecule has 0 heterocycles. The first-order chi connectivity index (χ1) is 16.1. The summed E-state index contributed by atoms with van der Waals surface area (Å²) in [7, 11) is 1.83. The number of carbonyl (C=O) groups is 1. The largest absolute Gasteiger partial charge is 0.507 e. The number of benzene rings is 1. The zero-order valence-electron chi connectivity index (χ0n) is 20.0. The van der Waals surface area contributed by atoms with Crippen LogP contribution in [0.4, 0.5) is 13.2 Å². The third-order valence-electron chi connectivity index (χ3n) is 7.32. The molecule has 1 aromatic carbocycles. The second-order valence-electron chi connectivity index (χ2n) is 9.48. The summed E-state index contributed by atoms with van der Waals surface area (Å²) < 4.78 is 38.2. The molecule has 7 heteroatoms. The molecule has 2 aliphatic rings. The predicted molar refractivity (Wildman–Crippen MR) is 129 cm³/mol. The molecule has 1 fully saturated rings. The fourth-order valence-corrected chi connectivity index (χ4v) is 5.49. The third-order valence-corrected chi connectivity index (χ3v) is 7.32. The number of unbranched alkanes of at least 4 members (excludes halogenated alkanes) is 1. The van der Waals surface area contributed by atoms with Crippen LogP contribution in [0.5, 0.6) is 0 Å². The molecular weight excluding hydrogens is 441 g/mol. The summed E-state index contributed by atoms with van der Waals surface area (Å²) in [4.78, 5) is 12.8. The van der Waals surface area contributed by atoms with Crippen molar-refractivity contribution >= 4 is 5.78 Å². The Hall–Kier alpha value is -2.38. The number of carbonyl (C=O) groups excluding carboxylic acids is 1. The maximum absolute atomic E-state index is 12.8. The fourth-order valence-electron chi connectivity index (χ4n) is 5.49. The molecule has 2 aliphatic carbocycles. The molecule has 1 saturated carbocycles. The first-order valence-corrected chi connectivity index (χ1v) is 12.0. The van der Waals surface area contributed by atoms with Gasteiger partial charge in [0.05, 0.1) is 6.54 Å². The molecule has 3 rings (SSSR count). The number of aliphatic hydroxyl groups excluding tert-OH is 1. The van der Waals surface area contributed by atoms with E-state index in [1.54, 1.807) is 12.1 Å². The quantitative estimate of drug-likeness (QED) is 0.182. The lowest BCUT2D eigenvalue weighted by Gasteiger charge is -2.39. The van der Waals surface area contributed by atoms with E-state index >= 15 is 0 Å². The Kier molecular flexibility index (Phi) is 8.42. The minimum Gasteiger partial charge on any atom is -0.507 e. The summed E-state index contributed by atoms with van der Waals surface area (Å²) in [5.74, 6) is -0.0711. The van der Waals surface area contributed by atoms with Gasteiger partial charge in [0.25, 0.3) is 0 Å². The second kappa shape index (κ2) is 10.9. The second-order valence-corrected chi connectivity index (χ2v) is 9.48. The van der Waals surface area contributed by atoms with Gasteiger partial charge in [-0.3, -0.25) is 4.79 Å². The van der Waals surface area contributed by atoms with E-state index < -0.39 is 18.3 Å². The van der Waals surface area contributed by atoms with E-state index in [-0.39, 0.29) is 29.9 Å². The van der Waals surface area contributed by atoms with Crippen molar-refractivity contribution in [1.82, 2.24) is 10.6 Å². The van der Waals surface area contributed by atoms with Crippen molar-refractivity contribution in [3.63, 3.8) is 0 Å². The standard InChI is InChI=1S/C27H35F3N2O2/c1-4-5-6-7-18(2)24(33)15-25(34)20-9-8-19-13-22-10-11-23(14-21(19)12-20)26(22,31-3)16-32-17-27(28,29)30/h6-9,12,15,22-23,31-33H,2,4-5,10-11,13-14,16-17H2,1,3H3/b7-6-,24-15-/t22-,23+,26+/m0/s1. The number of ketones is 1. The number of fused-ring (bicyclic) bond motifs is 3. The molecule has 1 aromatic rings. The van der Waals surface area contributed by atoms with Crippen molar-refractivity contribution in [3.8, 4) is 0 Å². The normalized spacial score (nSPS) is 24.8. The monoisotopic (exact) mass is 476 g/mol. The molecule has 0 aliphatic heterocycles. The van der Waals surface area contributed by atoms with Crippen LogP contribution < -0.4 is 10.6 Å². The Morgan fingerprint density at radius 3 is 2.53 bits per heavy atom. The summed E-state index contributed by atoms with van der Waals surface area (Å²) >= 11 is 0. The van der Waals surface area contributed by atoms with E-state index in [1.807, 2.05) is 25.3 Å². The number of hydrogen-bond acceptors (Lipinski definition) is 4. The summed E-state index contributed by atoms with van der Waals surface area (Å²) in [6.07, 6.45) is 5.77. The van der Waals surface area contributed by atoms with Gasteiger partial charge in [0, 0.05) is 29.3 Å². The number of rotatable bonds is 10. The predicted octanol–water partition coefficient (Wildman–Crippen LogP) is 5.46. The van der Waals surface area contributed by atoms with Crippen LogP contribution in [-0.4, -0.2) is 42.7 Å². The van der Waals surface area contributed by atoms with Gasteiger partial charge in [0.1, 0.15) is 5.76 Å². The van der Waals surface area contributed by atoms with Crippen molar-refractivity contribution in [1.29, 1.82) is 0 Å². The topological polar surface area (TPSA) is 61.4 Å². The molecule has 3 N–H and O–H groups in total. The van der Waals surface area contributed by atoms with Gasteiger partial charge < -0.3 is 15.7 Å². The minimum absolute atomic E-state index is 0.156. The molecule has 4 nitrogen and oxygen atoms in total. The van der Waals surface area contributed by atoms with Crippen LogP contribution in [0, 0.1) is 11.8 Å². The Morgan fingerprint density at radius 1 is 1.24 bits per heavy atom. The molecule has 34 heavy (non-hydrogen) atoms. The summed E-state index contributed by atoms with van der Waals surface area (Å²) in [5.41, 5.74) is 2.65. The molecular formula is C27H35F3N2O2. The molecule has 3 atom stereocenters. The molecule has 186 valence electrons. The number of likely N-dealkylation sites (N-methyl/N-ethyl adjacent to an activating group) is 1. The van der Waals surface area contributed by atoms with E-state index in [2.05, 4.69) is 24.1 Å². The highest BCUT2D eigenvalue weighted by molar-refractivity contribution is 6.05. The van der Waals surface area contributed by atoms with Crippen molar-refractivity contribution in [2.24, 2.45) is 11.8 Å². The maximum atomic E-state index is 12.8. The van der Waals surface area contributed by atoms with Crippen LogP contribution in [-0.2, 0) is 12.8 Å². The lowest BCUT2D eigenvalue weighted by molar-refractivity contribution is -0.125. The minimum atomic E-state index is -4.24. The van der Waals surface area contributed by atoms with Crippen molar-refractivity contribution in [3.05, 3.63) is 71.0 Å². The number of allylic oxidation sites excluding steroid dienone is 3. The number of hydrogen-bond donors (Lipinski definition) is 3. The molecule has 0 spiro atoms. The van der Waals surface area contributed by atoms with Gasteiger partial charge in [0.15, 0.2) is 5.78 Å². The lowest BCUT2D eigenvalue weighted by atomic mass is 9.78. The van der Waals surface area contributed by atoms with Crippen LogP contribution in [0.25, 0.3) is 0 Å². The highest BCUT2D eigenvalue weighted by Gasteiger charge is 2.50. The zero-order chi connectivity index (χ0) is 24.9. The van der Waals surface area contributed by atoms with Gasteiger partial charge in [0.2, 0.25) is 0 Å². The van der Waals surface area contributed by atoms with E-state index in [4.69, 9.17) is 0 Å². The van der Waals surface area contributed by atoms with Gasteiger partial charge in [-0.15, -0.1) is 0 Å². The van der Waals surface area contributed by atoms with Crippen LogP contribution >= 0.6 is 0 Å². The first-order valence-electron chi connectivity index (χ1n) is 12.0. The van der Waals surface area contributed by atoms with Gasteiger partial charge in [-0.1, -0.05) is 44.2 Å². The molecule has 0 amide bonds. The number of alkyl halides is 3. The SMILES string of the molecule is C=C(/C=C\CCC)/C(O)=C/C(=O)c1ccc2c(c1)C[C@H]1CC[C@@H](C2)[C@@]1(CNCC(F)(F)F)NC.